The van der Waals surface area contributed by atoms with Crippen LogP contribution in [0.5, 0.6) is 0 Å². The molecule has 1 aromatic carbocycles. The Morgan fingerprint density at radius 1 is 1.29 bits per heavy atom. The first-order chi connectivity index (χ1) is 13.0. The van der Waals surface area contributed by atoms with E-state index < -0.39 is 26.7 Å². The summed E-state index contributed by atoms with van der Waals surface area (Å²) in [5.41, 5.74) is 1.03. The van der Waals surface area contributed by atoms with Crippen LogP contribution >= 0.6 is 0 Å². The van der Waals surface area contributed by atoms with Crippen LogP contribution < -0.4 is 5.32 Å². The summed E-state index contributed by atoms with van der Waals surface area (Å²) in [7, 11) is -2.03. The Morgan fingerprint density at radius 2 is 1.93 bits per heavy atom. The molecule has 1 aromatic rings. The maximum Gasteiger partial charge on any atom is 0.404 e. The van der Waals surface area contributed by atoms with Gasteiger partial charge in [0.25, 0.3) is 0 Å². The van der Waals surface area contributed by atoms with E-state index in [9.17, 15) is 9.18 Å². The van der Waals surface area contributed by atoms with Crippen LogP contribution in [0.3, 0.4) is 0 Å². The number of hydrogen-bond donors (Lipinski definition) is 2. The number of carbonyl (C=O) groups is 1. The number of rotatable bonds is 7. The van der Waals surface area contributed by atoms with Crippen LogP contribution in [0.4, 0.5) is 9.18 Å². The van der Waals surface area contributed by atoms with Gasteiger partial charge in [-0.25, -0.2) is 9.18 Å². The Bertz CT molecular complexity index is 635. The number of benzene rings is 1. The van der Waals surface area contributed by atoms with Gasteiger partial charge in [0.05, 0.1) is 18.8 Å². The van der Waals surface area contributed by atoms with Crippen molar-refractivity contribution in [3.8, 4) is 0 Å². The molecule has 0 aromatic heterocycles. The summed E-state index contributed by atoms with van der Waals surface area (Å²) in [6.45, 7) is 11.3. The number of hydrogen-bond acceptors (Lipinski definition) is 3. The van der Waals surface area contributed by atoms with E-state index in [4.69, 9.17) is 14.3 Å². The molecule has 0 saturated heterocycles. The Kier molecular flexibility index (Phi) is 7.64. The first kappa shape index (κ1) is 22.8. The van der Waals surface area contributed by atoms with E-state index in [1.54, 1.807) is 0 Å². The van der Waals surface area contributed by atoms with Crippen LogP contribution in [0.25, 0.3) is 0 Å². The number of alkyl halides is 1. The molecule has 1 aliphatic carbocycles. The van der Waals surface area contributed by atoms with E-state index in [2.05, 4.69) is 39.2 Å². The molecular weight excluding hydrogens is 377 g/mol. The van der Waals surface area contributed by atoms with Crippen LogP contribution in [-0.2, 0) is 9.16 Å². The van der Waals surface area contributed by atoms with Gasteiger partial charge < -0.3 is 19.6 Å². The summed E-state index contributed by atoms with van der Waals surface area (Å²) >= 11 is 0. The fourth-order valence-electron chi connectivity index (χ4n) is 3.19. The molecule has 1 fully saturated rings. The second kappa shape index (κ2) is 9.37. The van der Waals surface area contributed by atoms with E-state index in [-0.39, 0.29) is 23.6 Å². The van der Waals surface area contributed by atoms with Gasteiger partial charge in [0.1, 0.15) is 6.17 Å². The van der Waals surface area contributed by atoms with E-state index in [1.165, 1.54) is 0 Å². The highest BCUT2D eigenvalue weighted by atomic mass is 28.4. The molecule has 7 heteroatoms. The molecule has 158 valence electrons. The third-order valence-corrected chi connectivity index (χ3v) is 10.4. The van der Waals surface area contributed by atoms with Gasteiger partial charge in [-0.3, -0.25) is 0 Å². The van der Waals surface area contributed by atoms with Gasteiger partial charge >= 0.3 is 6.09 Å². The second-order valence-corrected chi connectivity index (χ2v) is 13.9. The third kappa shape index (κ3) is 6.29. The van der Waals surface area contributed by atoms with Gasteiger partial charge in [0.2, 0.25) is 0 Å². The van der Waals surface area contributed by atoms with Crippen LogP contribution in [0.15, 0.2) is 30.3 Å². The highest BCUT2D eigenvalue weighted by molar-refractivity contribution is 6.74. The van der Waals surface area contributed by atoms with Crippen LogP contribution in [-0.4, -0.2) is 44.4 Å². The number of carboxylic acid groups (broad SMARTS) is 1. The normalized spacial score (nSPS) is 24.6. The van der Waals surface area contributed by atoms with Crippen molar-refractivity contribution >= 4 is 14.4 Å². The van der Waals surface area contributed by atoms with Crippen LogP contribution in [0.2, 0.25) is 18.1 Å². The average molecular weight is 412 g/mol. The largest absolute Gasteiger partial charge is 0.465 e. The third-order valence-electron chi connectivity index (χ3n) is 5.92. The van der Waals surface area contributed by atoms with Crippen molar-refractivity contribution in [2.24, 2.45) is 0 Å². The van der Waals surface area contributed by atoms with E-state index in [0.717, 1.165) is 5.56 Å². The molecule has 0 spiro atoms. The Labute approximate surface area is 168 Å². The summed E-state index contributed by atoms with van der Waals surface area (Å²) in [5, 5.41) is 11.2. The van der Waals surface area contributed by atoms with E-state index in [0.29, 0.717) is 19.4 Å². The lowest BCUT2D eigenvalue weighted by Gasteiger charge is -2.40. The van der Waals surface area contributed by atoms with Gasteiger partial charge in [-0.1, -0.05) is 51.1 Å². The smallest absolute Gasteiger partial charge is 0.404 e. The minimum absolute atomic E-state index is 0.0587. The Morgan fingerprint density at radius 3 is 2.46 bits per heavy atom. The summed E-state index contributed by atoms with van der Waals surface area (Å²) in [4.78, 5) is 10.8. The lowest BCUT2D eigenvalue weighted by Crippen LogP contribution is -2.45. The molecule has 2 rings (SSSR count). The quantitative estimate of drug-likeness (QED) is 0.598. The standard InChI is InChI=1S/C21H34FNO4Si/c1-21(2,3)28(4,5)27-19(15-9-7-6-8-10-15)14-26-18-12-11-16(13-17(18)22)23-20(24)25/h6-10,16-19,23H,11-14H2,1-5H3,(H,24,25). The van der Waals surface area contributed by atoms with Crippen molar-refractivity contribution in [1.29, 1.82) is 0 Å². The summed E-state index contributed by atoms with van der Waals surface area (Å²) in [6.07, 6.45) is -1.84. The minimum Gasteiger partial charge on any atom is -0.465 e. The van der Waals surface area contributed by atoms with Crippen LogP contribution in [0.1, 0.15) is 51.7 Å². The zero-order valence-corrected chi connectivity index (χ0v) is 18.6. The summed E-state index contributed by atoms with van der Waals surface area (Å²) < 4.78 is 27.1. The molecule has 1 amide bonds. The molecule has 28 heavy (non-hydrogen) atoms. The maximum atomic E-state index is 14.5. The lowest BCUT2D eigenvalue weighted by atomic mass is 9.91. The molecule has 0 heterocycles. The molecule has 0 bridgehead atoms. The molecule has 4 unspecified atom stereocenters. The molecule has 1 aliphatic rings. The zero-order chi connectivity index (χ0) is 20.9. The molecule has 0 radical (unpaired) electrons. The number of amides is 1. The summed E-state index contributed by atoms with van der Waals surface area (Å²) in [5.74, 6) is 0. The van der Waals surface area contributed by atoms with Gasteiger partial charge in [0.15, 0.2) is 8.32 Å². The Balaban J connectivity index is 2.03. The highest BCUT2D eigenvalue weighted by Gasteiger charge is 2.40. The van der Waals surface area contributed by atoms with Gasteiger partial charge in [-0.05, 0) is 36.5 Å². The van der Waals surface area contributed by atoms with Crippen LogP contribution in [0, 0.1) is 0 Å². The van der Waals surface area contributed by atoms with Crippen molar-refractivity contribution < 1.29 is 23.5 Å². The maximum absolute atomic E-state index is 14.5. The zero-order valence-electron chi connectivity index (χ0n) is 17.6. The first-order valence-corrected chi connectivity index (χ1v) is 12.9. The fourth-order valence-corrected chi connectivity index (χ4v) is 4.46. The van der Waals surface area contributed by atoms with Crippen molar-refractivity contribution in [2.75, 3.05) is 6.61 Å². The molecule has 0 aliphatic heterocycles. The van der Waals surface area contributed by atoms with Crippen molar-refractivity contribution in [1.82, 2.24) is 5.32 Å². The number of nitrogens with one attached hydrogen (secondary N) is 1. The van der Waals surface area contributed by atoms with Crippen molar-refractivity contribution in [3.05, 3.63) is 35.9 Å². The topological polar surface area (TPSA) is 67.8 Å². The number of halogens is 1. The second-order valence-electron chi connectivity index (χ2n) is 9.12. The van der Waals surface area contributed by atoms with Gasteiger partial charge in [-0.15, -0.1) is 0 Å². The van der Waals surface area contributed by atoms with Gasteiger partial charge in [0, 0.05) is 12.5 Å². The van der Waals surface area contributed by atoms with Gasteiger partial charge in [-0.2, -0.15) is 0 Å². The average Bonchev–Trinajstić information content (AvgIpc) is 2.59. The molecular formula is C21H34FNO4Si. The predicted octanol–water partition coefficient (Wildman–Crippen LogP) is 5.29. The lowest BCUT2D eigenvalue weighted by molar-refractivity contribution is -0.0600. The monoisotopic (exact) mass is 411 g/mol. The minimum atomic E-state index is -2.03. The summed E-state index contributed by atoms with van der Waals surface area (Å²) in [6, 6.07) is 9.59. The molecule has 5 nitrogen and oxygen atoms in total. The van der Waals surface area contributed by atoms with Crippen molar-refractivity contribution in [2.45, 2.75) is 82.6 Å². The van der Waals surface area contributed by atoms with E-state index in [1.807, 2.05) is 30.3 Å². The molecule has 4 atom stereocenters. The Hall–Kier alpha value is -1.44. The fraction of sp³-hybridized carbons (Fsp3) is 0.667. The van der Waals surface area contributed by atoms with Crippen molar-refractivity contribution in [3.63, 3.8) is 0 Å². The number of ether oxygens (including phenoxy) is 1. The molecule has 2 N–H and O–H groups in total. The SMILES string of the molecule is CC(C)(C)[Si](C)(C)OC(COC1CCC(NC(=O)O)CC1F)c1ccccc1. The van der Waals surface area contributed by atoms with E-state index >= 15 is 0 Å². The predicted molar refractivity (Wildman–Crippen MR) is 111 cm³/mol. The highest BCUT2D eigenvalue weighted by Crippen LogP contribution is 2.40. The molecule has 1 saturated carbocycles. The first-order valence-electron chi connectivity index (χ1n) is 9.97.